The van der Waals surface area contributed by atoms with E-state index in [0.29, 0.717) is 11.9 Å². The molecule has 0 saturated heterocycles. The van der Waals surface area contributed by atoms with Crippen molar-refractivity contribution in [1.82, 2.24) is 0 Å². The van der Waals surface area contributed by atoms with Crippen molar-refractivity contribution in [3.05, 3.63) is 0 Å². The van der Waals surface area contributed by atoms with Crippen LogP contribution in [-0.2, 0) is 0 Å². The molecule has 0 spiro atoms. The predicted octanol–water partition coefficient (Wildman–Crippen LogP) is -0.0648. The first kappa shape index (κ1) is 9.91. The van der Waals surface area contributed by atoms with E-state index in [1.54, 1.807) is 0 Å². The van der Waals surface area contributed by atoms with Crippen LogP contribution >= 0.6 is 0 Å². The van der Waals surface area contributed by atoms with Crippen molar-refractivity contribution in [1.29, 1.82) is 0 Å². The molecule has 0 aliphatic rings. The molecular formula is C5H13N2O2Se. The average Bonchev–Trinajstić information content (AvgIpc) is 1.88. The van der Waals surface area contributed by atoms with Crippen LogP contribution in [0.4, 0.5) is 4.79 Å². The fraction of sp³-hybridized carbons (Fsp3) is 0.800. The summed E-state index contributed by atoms with van der Waals surface area (Å²) in [5.41, 5.74) is 5.22. The Bertz CT molecular complexity index is 110. The summed E-state index contributed by atoms with van der Waals surface area (Å²) in [5, 5.41) is 9.03. The summed E-state index contributed by atoms with van der Waals surface area (Å²) in [6.07, 6.45) is 1.73. The fourth-order valence-electron chi connectivity index (χ4n) is 0.489. The van der Waals surface area contributed by atoms with Crippen molar-refractivity contribution < 1.29 is 9.90 Å². The fourth-order valence-corrected chi connectivity index (χ4v) is 1.94. The van der Waals surface area contributed by atoms with Crippen LogP contribution in [0.2, 0.25) is 5.32 Å². The summed E-state index contributed by atoms with van der Waals surface area (Å²) in [5.74, 6) is 0. The van der Waals surface area contributed by atoms with Gasteiger partial charge in [-0.25, -0.2) is 0 Å². The van der Waals surface area contributed by atoms with Gasteiger partial charge in [0.05, 0.1) is 0 Å². The summed E-state index contributed by atoms with van der Waals surface area (Å²) < 4.78 is 5.34. The molecule has 0 unspecified atom stereocenters. The second kappa shape index (κ2) is 5.68. The Morgan fingerprint density at radius 2 is 2.10 bits per heavy atom. The van der Waals surface area contributed by atoms with Crippen LogP contribution in [0.1, 0.15) is 12.8 Å². The van der Waals surface area contributed by atoms with E-state index in [0.717, 1.165) is 12.8 Å². The zero-order valence-corrected chi connectivity index (χ0v) is 7.46. The zero-order valence-electron chi connectivity index (χ0n) is 5.75. The SMILES string of the molecule is NCCCC[Se](N)C(=O)O. The average molecular weight is 212 g/mol. The van der Waals surface area contributed by atoms with Gasteiger partial charge in [0.15, 0.2) is 0 Å². The molecule has 0 bridgehead atoms. The topological polar surface area (TPSA) is 89.3 Å². The van der Waals surface area contributed by atoms with Gasteiger partial charge in [-0.1, -0.05) is 0 Å². The van der Waals surface area contributed by atoms with Gasteiger partial charge in [0, 0.05) is 0 Å². The zero-order chi connectivity index (χ0) is 7.98. The van der Waals surface area contributed by atoms with E-state index in [4.69, 9.17) is 15.6 Å². The number of carboxylic acid groups (broad SMARTS) is 1. The van der Waals surface area contributed by atoms with Crippen molar-refractivity contribution in [2.75, 3.05) is 6.54 Å². The molecule has 5 heteroatoms. The maximum atomic E-state index is 10.2. The number of unbranched alkanes of at least 4 members (excludes halogenated alkanes) is 1. The van der Waals surface area contributed by atoms with E-state index < -0.39 is 19.0 Å². The normalized spacial score (nSPS) is 10.3. The van der Waals surface area contributed by atoms with Gasteiger partial charge in [0.2, 0.25) is 0 Å². The van der Waals surface area contributed by atoms with E-state index in [1.165, 1.54) is 0 Å². The molecule has 5 N–H and O–H groups in total. The number of hydrogen-bond acceptors (Lipinski definition) is 3. The molecule has 0 aromatic rings. The third-order valence-corrected chi connectivity index (χ3v) is 3.51. The molecule has 0 aromatic heterocycles. The molecule has 0 heterocycles. The van der Waals surface area contributed by atoms with Crippen molar-refractivity contribution in [3.63, 3.8) is 0 Å². The maximum absolute atomic E-state index is 10.2. The first-order chi connectivity index (χ1) is 4.68. The summed E-state index contributed by atoms with van der Waals surface area (Å²) >= 11 is -1.82. The molecule has 0 rings (SSSR count). The first-order valence-corrected chi connectivity index (χ1v) is 6.12. The number of carbonyl (C=O) groups is 1. The van der Waals surface area contributed by atoms with Gasteiger partial charge in [0.25, 0.3) is 0 Å². The summed E-state index contributed by atoms with van der Waals surface area (Å²) in [7, 11) is 0. The molecule has 1 radical (unpaired) electrons. The molecule has 0 fully saturated rings. The molecule has 61 valence electrons. The van der Waals surface area contributed by atoms with E-state index in [9.17, 15) is 4.79 Å². The Hall–Kier alpha value is -0.0905. The van der Waals surface area contributed by atoms with E-state index in [2.05, 4.69) is 0 Å². The van der Waals surface area contributed by atoms with Crippen molar-refractivity contribution in [2.24, 2.45) is 10.5 Å². The third-order valence-electron chi connectivity index (χ3n) is 1.04. The molecule has 0 aliphatic carbocycles. The van der Waals surface area contributed by atoms with Gasteiger partial charge in [-0.2, -0.15) is 0 Å². The van der Waals surface area contributed by atoms with Crippen LogP contribution in [0, 0.1) is 0 Å². The molecule has 0 saturated carbocycles. The van der Waals surface area contributed by atoms with E-state index >= 15 is 0 Å². The monoisotopic (exact) mass is 213 g/mol. The standard InChI is InChI=1S/C5H13N2O2Se/c6-3-1-2-4-10(7)5(8)9/h1-4,6-7H2,(H,8,9). The molecule has 0 aromatic carbocycles. The van der Waals surface area contributed by atoms with Crippen LogP contribution in [0.5, 0.6) is 0 Å². The number of rotatable bonds is 5. The summed E-state index contributed by atoms with van der Waals surface area (Å²) in [6, 6.07) is 0. The summed E-state index contributed by atoms with van der Waals surface area (Å²) in [4.78, 5) is 9.38. The molecule has 0 atom stereocenters. The van der Waals surface area contributed by atoms with Gasteiger partial charge in [-0.3, -0.25) is 0 Å². The summed E-state index contributed by atoms with van der Waals surface area (Å²) in [6.45, 7) is 0.624. The van der Waals surface area contributed by atoms with Gasteiger partial charge in [-0.15, -0.1) is 0 Å². The second-order valence-corrected chi connectivity index (χ2v) is 5.28. The molecule has 0 aliphatic heterocycles. The number of hydrogen-bond donors (Lipinski definition) is 3. The first-order valence-electron chi connectivity index (χ1n) is 3.06. The predicted molar refractivity (Wildman–Crippen MR) is 41.1 cm³/mol. The van der Waals surface area contributed by atoms with Crippen molar-refractivity contribution >= 4 is 19.0 Å². The molecule has 4 nitrogen and oxygen atoms in total. The molecule has 0 amide bonds. The van der Waals surface area contributed by atoms with E-state index in [-0.39, 0.29) is 0 Å². The quantitative estimate of drug-likeness (QED) is 0.439. The Morgan fingerprint density at radius 1 is 1.50 bits per heavy atom. The van der Waals surface area contributed by atoms with Gasteiger partial charge in [-0.05, 0) is 0 Å². The second-order valence-electron chi connectivity index (χ2n) is 1.89. The van der Waals surface area contributed by atoms with Gasteiger partial charge < -0.3 is 0 Å². The van der Waals surface area contributed by atoms with Crippen LogP contribution in [0.15, 0.2) is 0 Å². The molecular weight excluding hydrogens is 199 g/mol. The van der Waals surface area contributed by atoms with Gasteiger partial charge in [0.1, 0.15) is 0 Å². The molecule has 10 heavy (non-hydrogen) atoms. The van der Waals surface area contributed by atoms with Crippen LogP contribution in [-0.4, -0.2) is 30.6 Å². The van der Waals surface area contributed by atoms with Crippen molar-refractivity contribution in [2.45, 2.75) is 18.2 Å². The van der Waals surface area contributed by atoms with Crippen LogP contribution in [0.25, 0.3) is 0 Å². The Morgan fingerprint density at radius 3 is 2.50 bits per heavy atom. The number of nitrogens with two attached hydrogens (primary N) is 2. The third kappa shape index (κ3) is 4.76. The minimum absolute atomic E-state index is 0.624. The van der Waals surface area contributed by atoms with E-state index in [1.807, 2.05) is 0 Å². The Balaban J connectivity index is 3.21. The minimum atomic E-state index is -1.82. The Kier molecular flexibility index (Phi) is 5.62. The van der Waals surface area contributed by atoms with Gasteiger partial charge >= 0.3 is 64.1 Å². The van der Waals surface area contributed by atoms with Crippen LogP contribution in [0.3, 0.4) is 0 Å². The van der Waals surface area contributed by atoms with Crippen molar-refractivity contribution in [3.8, 4) is 0 Å². The Labute approximate surface area is 64.7 Å². The van der Waals surface area contributed by atoms with Crippen LogP contribution < -0.4 is 10.5 Å².